The van der Waals surface area contributed by atoms with Crippen molar-refractivity contribution in [2.45, 2.75) is 44.8 Å². The number of nitrogens with one attached hydrogen (secondary N) is 2. The first-order chi connectivity index (χ1) is 16.1. The minimum absolute atomic E-state index is 0.00366. The summed E-state index contributed by atoms with van der Waals surface area (Å²) in [5.41, 5.74) is 6.63. The number of non-ortho nitro benzene ring substituents is 1. The van der Waals surface area contributed by atoms with Crippen LogP contribution in [-0.4, -0.2) is 37.3 Å². The number of nitro groups is 1. The Hall–Kier alpha value is -3.73. The fourth-order valence-electron chi connectivity index (χ4n) is 3.14. The van der Waals surface area contributed by atoms with Crippen LogP contribution in [0.15, 0.2) is 53.7 Å². The topological polar surface area (TPSA) is 132 Å². The van der Waals surface area contributed by atoms with Gasteiger partial charge >= 0.3 is 0 Å². The van der Waals surface area contributed by atoms with Crippen molar-refractivity contribution in [3.8, 4) is 11.4 Å². The van der Waals surface area contributed by atoms with E-state index in [1.165, 1.54) is 35.5 Å². The van der Waals surface area contributed by atoms with Gasteiger partial charge in [-0.2, -0.15) is 0 Å². The third-order valence-corrected chi connectivity index (χ3v) is 5.98. The first kappa shape index (κ1) is 24.9. The highest BCUT2D eigenvalue weighted by Crippen LogP contribution is 2.27. The molecule has 11 heteroatoms. The summed E-state index contributed by atoms with van der Waals surface area (Å²) in [6.07, 6.45) is 0. The first-order valence-electron chi connectivity index (χ1n) is 10.6. The average Bonchev–Trinajstić information content (AvgIpc) is 3.23. The van der Waals surface area contributed by atoms with E-state index in [9.17, 15) is 19.7 Å². The Morgan fingerprint density at radius 1 is 1.09 bits per heavy atom. The Morgan fingerprint density at radius 3 is 2.41 bits per heavy atom. The lowest BCUT2D eigenvalue weighted by molar-refractivity contribution is -0.384. The van der Waals surface area contributed by atoms with Gasteiger partial charge in [-0.25, -0.2) is 0 Å². The van der Waals surface area contributed by atoms with Gasteiger partial charge in [0, 0.05) is 29.8 Å². The summed E-state index contributed by atoms with van der Waals surface area (Å²) in [5, 5.41) is 19.9. The van der Waals surface area contributed by atoms with E-state index in [4.69, 9.17) is 0 Å². The van der Waals surface area contributed by atoms with Crippen molar-refractivity contribution >= 4 is 29.3 Å². The smallest absolute Gasteiger partial charge is 0.270 e. The average molecular weight is 483 g/mol. The van der Waals surface area contributed by atoms with Crippen LogP contribution in [0.1, 0.15) is 43.6 Å². The Kier molecular flexibility index (Phi) is 7.67. The SMILES string of the molecule is CCn1c(SCC(=O)NNC(=O)c2cccc([N+](=O)[O-])c2)nnc1-c1ccc(C(C)(C)C)cc1. The number of rotatable bonds is 7. The molecular formula is C23H26N6O4S. The number of nitrogens with zero attached hydrogens (tertiary/aromatic N) is 4. The van der Waals surface area contributed by atoms with Crippen LogP contribution in [0.4, 0.5) is 5.69 Å². The van der Waals surface area contributed by atoms with Gasteiger partial charge in [-0.15, -0.1) is 10.2 Å². The number of carbonyl (C=O) groups is 2. The van der Waals surface area contributed by atoms with Crippen LogP contribution >= 0.6 is 11.8 Å². The van der Waals surface area contributed by atoms with E-state index < -0.39 is 16.7 Å². The molecular weight excluding hydrogens is 456 g/mol. The number of hydrogen-bond acceptors (Lipinski definition) is 7. The Bertz CT molecular complexity index is 1200. The van der Waals surface area contributed by atoms with Crippen molar-refractivity contribution in [3.63, 3.8) is 0 Å². The number of nitro benzene ring substituents is 1. The maximum Gasteiger partial charge on any atom is 0.270 e. The van der Waals surface area contributed by atoms with Crippen molar-refractivity contribution in [1.82, 2.24) is 25.6 Å². The standard InChI is InChI=1S/C23H26N6O4S/c1-5-28-20(15-9-11-17(12-10-15)23(2,3)4)25-27-22(28)34-14-19(30)24-26-21(31)16-7-6-8-18(13-16)29(32)33/h6-13H,5,14H2,1-4H3,(H,24,30)(H,26,31). The fourth-order valence-corrected chi connectivity index (χ4v) is 3.94. The summed E-state index contributed by atoms with van der Waals surface area (Å²) in [6, 6.07) is 13.4. The van der Waals surface area contributed by atoms with Crippen LogP contribution < -0.4 is 10.9 Å². The zero-order valence-electron chi connectivity index (χ0n) is 19.4. The molecule has 2 aromatic carbocycles. The summed E-state index contributed by atoms with van der Waals surface area (Å²) in [5.74, 6) is -0.397. The molecule has 34 heavy (non-hydrogen) atoms. The molecule has 1 aromatic heterocycles. The van der Waals surface area contributed by atoms with Crippen molar-refractivity contribution < 1.29 is 14.5 Å². The van der Waals surface area contributed by atoms with Crippen molar-refractivity contribution in [1.29, 1.82) is 0 Å². The van der Waals surface area contributed by atoms with E-state index in [1.807, 2.05) is 23.6 Å². The Balaban J connectivity index is 1.60. The molecule has 0 aliphatic rings. The summed E-state index contributed by atoms with van der Waals surface area (Å²) >= 11 is 1.19. The van der Waals surface area contributed by atoms with E-state index in [1.54, 1.807) is 0 Å². The van der Waals surface area contributed by atoms with Crippen molar-refractivity contribution in [2.75, 3.05) is 5.75 Å². The highest BCUT2D eigenvalue weighted by Gasteiger charge is 2.18. The molecule has 0 atom stereocenters. The summed E-state index contributed by atoms with van der Waals surface area (Å²) < 4.78 is 1.92. The number of amides is 2. The van der Waals surface area contributed by atoms with Gasteiger partial charge in [-0.3, -0.25) is 30.6 Å². The predicted molar refractivity (Wildman–Crippen MR) is 129 cm³/mol. The molecule has 2 N–H and O–H groups in total. The second kappa shape index (κ2) is 10.5. The van der Waals surface area contributed by atoms with Gasteiger partial charge in [0.2, 0.25) is 5.91 Å². The number of hydrazine groups is 1. The second-order valence-corrected chi connectivity index (χ2v) is 9.42. The predicted octanol–water partition coefficient (Wildman–Crippen LogP) is 3.72. The molecule has 0 unspecified atom stereocenters. The first-order valence-corrected chi connectivity index (χ1v) is 11.6. The van der Waals surface area contributed by atoms with Crippen LogP contribution in [0.2, 0.25) is 0 Å². The maximum atomic E-state index is 12.2. The van der Waals surface area contributed by atoms with Crippen LogP contribution in [0, 0.1) is 10.1 Å². The maximum absolute atomic E-state index is 12.2. The van der Waals surface area contributed by atoms with E-state index in [0.717, 1.165) is 11.6 Å². The molecule has 0 aliphatic heterocycles. The number of carbonyl (C=O) groups excluding carboxylic acids is 2. The van der Waals surface area contributed by atoms with Crippen LogP contribution in [0.25, 0.3) is 11.4 Å². The molecule has 3 aromatic rings. The molecule has 0 bridgehead atoms. The fraction of sp³-hybridized carbons (Fsp3) is 0.304. The largest absolute Gasteiger partial charge is 0.302 e. The van der Waals surface area contributed by atoms with Gasteiger partial charge in [-0.1, -0.05) is 62.9 Å². The highest BCUT2D eigenvalue weighted by atomic mass is 32.2. The van der Waals surface area contributed by atoms with Crippen LogP contribution in [-0.2, 0) is 16.8 Å². The lowest BCUT2D eigenvalue weighted by Crippen LogP contribution is -2.42. The molecule has 0 spiro atoms. The van der Waals surface area contributed by atoms with Crippen LogP contribution in [0.5, 0.6) is 0 Å². The Labute approximate surface area is 201 Å². The van der Waals surface area contributed by atoms with Gasteiger partial charge in [0.05, 0.1) is 10.7 Å². The lowest BCUT2D eigenvalue weighted by atomic mass is 9.87. The number of aromatic nitrogens is 3. The molecule has 2 amide bonds. The monoisotopic (exact) mass is 482 g/mol. The molecule has 178 valence electrons. The normalized spacial score (nSPS) is 11.2. The van der Waals surface area contributed by atoms with E-state index in [-0.39, 0.29) is 22.4 Å². The van der Waals surface area contributed by atoms with Gasteiger partial charge in [0.25, 0.3) is 11.6 Å². The zero-order chi connectivity index (χ0) is 24.9. The number of thioether (sulfide) groups is 1. The van der Waals surface area contributed by atoms with Crippen molar-refractivity contribution in [2.24, 2.45) is 0 Å². The van der Waals surface area contributed by atoms with Crippen molar-refractivity contribution in [3.05, 3.63) is 69.8 Å². The second-order valence-electron chi connectivity index (χ2n) is 8.48. The van der Waals surface area contributed by atoms with Gasteiger partial charge in [0.15, 0.2) is 11.0 Å². The minimum atomic E-state index is -0.653. The molecule has 0 saturated carbocycles. The van der Waals surface area contributed by atoms with E-state index in [0.29, 0.717) is 17.5 Å². The molecule has 0 fully saturated rings. The minimum Gasteiger partial charge on any atom is -0.302 e. The molecule has 10 nitrogen and oxygen atoms in total. The van der Waals surface area contributed by atoms with Gasteiger partial charge in [0.1, 0.15) is 0 Å². The number of hydrogen-bond donors (Lipinski definition) is 2. The number of benzene rings is 2. The third-order valence-electron chi connectivity index (χ3n) is 5.01. The highest BCUT2D eigenvalue weighted by molar-refractivity contribution is 7.99. The molecule has 0 aliphatic carbocycles. The molecule has 3 rings (SSSR count). The summed E-state index contributed by atoms with van der Waals surface area (Å²) in [7, 11) is 0. The summed E-state index contributed by atoms with van der Waals surface area (Å²) in [6.45, 7) is 9.06. The van der Waals surface area contributed by atoms with Gasteiger partial charge < -0.3 is 4.57 Å². The Morgan fingerprint density at radius 2 is 1.79 bits per heavy atom. The quantitative estimate of drug-likeness (QED) is 0.298. The third kappa shape index (κ3) is 5.98. The van der Waals surface area contributed by atoms with Crippen LogP contribution in [0.3, 0.4) is 0 Å². The zero-order valence-corrected chi connectivity index (χ0v) is 20.2. The van der Waals surface area contributed by atoms with E-state index >= 15 is 0 Å². The molecule has 0 saturated heterocycles. The van der Waals surface area contributed by atoms with Gasteiger partial charge in [-0.05, 0) is 24.0 Å². The molecule has 1 heterocycles. The van der Waals surface area contributed by atoms with E-state index in [2.05, 4.69) is 54.0 Å². The summed E-state index contributed by atoms with van der Waals surface area (Å²) in [4.78, 5) is 34.6. The molecule has 0 radical (unpaired) electrons. The lowest BCUT2D eigenvalue weighted by Gasteiger charge is -2.19.